The number of carbonyl (C=O) groups is 1. The highest BCUT2D eigenvalue weighted by molar-refractivity contribution is 7.90. The number of hydrogen-bond donors (Lipinski definition) is 4. The summed E-state index contributed by atoms with van der Waals surface area (Å²) < 4.78 is 55.3. The number of aromatic amines is 1. The van der Waals surface area contributed by atoms with Crippen LogP contribution in [0.25, 0.3) is 22.0 Å². The standard InChI is InChI=1S/C65H77N9O10S/c1-40(2)49-8-6-7-9-50(49)57-38-70(37-43-29-45-28-41(3)83-60(45)58(30-43)81-5)25-26-72(57)47-34-65(35-47)20-23-71(24-21-65)46-10-12-51(54(32-46)73-53-17-27-82-39-59(53)84-63-56(73)31-44-16-22-66-61(44)68-63)62(75)69-85(79,80)48-11-13-52(55(33-48)74(77)78)67-36-42-14-18-64(4,76)19-15-42/h6-13,16,22,28-33,40,42,47,53,57,59,67,76H,14-15,17-21,23-27,34-39H2,1-5H3,(H,66,68)(H,69,75)/t42?,53-,57-,59-,64?/m0/s1. The molecule has 2 aliphatic carbocycles. The fourth-order valence-electron chi connectivity index (χ4n) is 14.7. The Balaban J connectivity index is 0.754. The first-order chi connectivity index (χ1) is 40.9. The Morgan fingerprint density at radius 3 is 2.52 bits per heavy atom. The molecule has 1 spiro atoms. The zero-order chi connectivity index (χ0) is 58.9. The molecule has 5 fully saturated rings. The Kier molecular flexibility index (Phi) is 15.1. The summed E-state index contributed by atoms with van der Waals surface area (Å²) in [5.74, 6) is 1.68. The highest BCUT2D eigenvalue weighted by Crippen LogP contribution is 2.54. The lowest BCUT2D eigenvalue weighted by atomic mass is 9.59. The van der Waals surface area contributed by atoms with Crippen molar-refractivity contribution in [1.29, 1.82) is 0 Å². The van der Waals surface area contributed by atoms with Crippen LogP contribution in [0.1, 0.15) is 123 Å². The van der Waals surface area contributed by atoms with E-state index >= 15 is 0 Å². The van der Waals surface area contributed by atoms with E-state index in [1.54, 1.807) is 13.2 Å². The summed E-state index contributed by atoms with van der Waals surface area (Å²) in [4.78, 5) is 44.3. The molecule has 4 aliphatic heterocycles. The van der Waals surface area contributed by atoms with Gasteiger partial charge in [-0.1, -0.05) is 38.1 Å². The molecule has 20 heteroatoms. The summed E-state index contributed by atoms with van der Waals surface area (Å²) in [6.07, 6.45) is 8.96. The van der Waals surface area contributed by atoms with Gasteiger partial charge < -0.3 is 43.8 Å². The van der Waals surface area contributed by atoms with Crippen LogP contribution in [0.15, 0.2) is 107 Å². The van der Waals surface area contributed by atoms with E-state index in [0.29, 0.717) is 73.9 Å². The number of amides is 1. The van der Waals surface area contributed by atoms with Gasteiger partial charge in [0.1, 0.15) is 28.9 Å². The number of nitrogens with zero attached hydrogens (tertiary/aromatic N) is 6. The molecule has 1 amide bonds. The number of hydrogen-bond acceptors (Lipinski definition) is 16. The van der Waals surface area contributed by atoms with Crippen molar-refractivity contribution in [2.45, 2.75) is 133 Å². The van der Waals surface area contributed by atoms with Gasteiger partial charge in [-0.15, -0.1) is 0 Å². The molecule has 6 aliphatic rings. The maximum atomic E-state index is 14.9. The van der Waals surface area contributed by atoms with Crippen molar-refractivity contribution in [2.24, 2.45) is 11.3 Å². The number of fused-ring (bicyclic) bond motifs is 4. The second-order valence-electron chi connectivity index (χ2n) is 25.5. The molecule has 19 nitrogen and oxygen atoms in total. The Bertz CT molecular complexity index is 3780. The van der Waals surface area contributed by atoms with Gasteiger partial charge in [0.05, 0.1) is 46.4 Å². The number of aromatic nitrogens is 2. The number of piperazine rings is 1. The van der Waals surface area contributed by atoms with E-state index in [2.05, 4.69) is 90.9 Å². The minimum atomic E-state index is -4.65. The molecule has 13 rings (SSSR count). The molecular formula is C65H77N9O10S. The average molecular weight is 1180 g/mol. The van der Waals surface area contributed by atoms with Crippen LogP contribution in [-0.4, -0.2) is 128 Å². The van der Waals surface area contributed by atoms with Crippen LogP contribution in [0.2, 0.25) is 0 Å². The number of aryl methyl sites for hydroxylation is 1. The number of H-pyrrole nitrogens is 1. The zero-order valence-electron chi connectivity index (χ0n) is 49.1. The van der Waals surface area contributed by atoms with E-state index in [4.69, 9.17) is 23.6 Å². The summed E-state index contributed by atoms with van der Waals surface area (Å²) in [7, 11) is -2.94. The highest BCUT2D eigenvalue weighted by atomic mass is 32.2. The van der Waals surface area contributed by atoms with Crippen molar-refractivity contribution >= 4 is 66.4 Å². The van der Waals surface area contributed by atoms with E-state index in [1.807, 2.05) is 44.3 Å². The SMILES string of the molecule is COc1cc(CN2CCN(C3CC4(CCN(c5ccc(C(=O)NS(=O)(=O)c6ccc(NCC7CCC(C)(O)CC7)c([N+](=O)[O-])c6)c(N6c7cc8cc[nH]c8nc7O[C@H]7COCC[C@@H]76)c5)CC4)C3)[C@H](c3ccccc3C(C)C)C2)cc2cc(C)oc12. The molecule has 7 aromatic rings. The van der Waals surface area contributed by atoms with Gasteiger partial charge in [-0.2, -0.15) is 4.98 Å². The second-order valence-corrected chi connectivity index (χ2v) is 27.2. The molecule has 7 heterocycles. The van der Waals surface area contributed by atoms with E-state index in [9.17, 15) is 28.4 Å². The lowest BCUT2D eigenvalue weighted by Gasteiger charge is -2.58. The van der Waals surface area contributed by atoms with Crippen LogP contribution in [0, 0.1) is 28.4 Å². The quantitative estimate of drug-likeness (QED) is 0.0554. The number of ether oxygens (including phenoxy) is 3. The fraction of sp³-hybridized carbons (Fsp3) is 0.477. The molecule has 0 bridgehead atoms. The predicted molar refractivity (Wildman–Crippen MR) is 327 cm³/mol. The van der Waals surface area contributed by atoms with Gasteiger partial charge in [0.25, 0.3) is 21.6 Å². The number of benzene rings is 4. The first-order valence-electron chi connectivity index (χ1n) is 30.3. The predicted octanol–water partition coefficient (Wildman–Crippen LogP) is 11.1. The van der Waals surface area contributed by atoms with Crippen molar-refractivity contribution in [3.8, 4) is 11.6 Å². The maximum absolute atomic E-state index is 14.9. The number of nitro benzene ring substituents is 1. The molecule has 3 aromatic heterocycles. The van der Waals surface area contributed by atoms with Crippen LogP contribution < -0.4 is 29.3 Å². The largest absolute Gasteiger partial charge is 0.493 e. The zero-order valence-corrected chi connectivity index (χ0v) is 50.0. The minimum Gasteiger partial charge on any atom is -0.493 e. The van der Waals surface area contributed by atoms with E-state index in [1.165, 1.54) is 28.8 Å². The third kappa shape index (κ3) is 11.2. The third-order valence-electron chi connectivity index (χ3n) is 19.4. The Morgan fingerprint density at radius 2 is 1.74 bits per heavy atom. The number of nitro groups is 1. The molecular weight excluding hydrogens is 1100 g/mol. The maximum Gasteiger partial charge on any atom is 0.293 e. The monoisotopic (exact) mass is 1180 g/mol. The van der Waals surface area contributed by atoms with Crippen LogP contribution in [0.5, 0.6) is 11.6 Å². The van der Waals surface area contributed by atoms with Crippen molar-refractivity contribution < 1.29 is 41.9 Å². The van der Waals surface area contributed by atoms with Crippen LogP contribution in [0.3, 0.4) is 0 Å². The Morgan fingerprint density at radius 1 is 0.941 bits per heavy atom. The Hall–Kier alpha value is -7.23. The molecule has 448 valence electrons. The fourth-order valence-corrected chi connectivity index (χ4v) is 15.7. The van der Waals surface area contributed by atoms with Gasteiger partial charge in [-0.3, -0.25) is 24.7 Å². The molecule has 3 atom stereocenters. The molecule has 4 aromatic carbocycles. The van der Waals surface area contributed by atoms with E-state index in [0.717, 1.165) is 117 Å². The number of rotatable bonds is 15. The lowest BCUT2D eigenvalue weighted by Crippen LogP contribution is -2.60. The number of nitrogens with one attached hydrogen (secondary N) is 3. The number of carbonyl (C=O) groups excluding carboxylic acids is 1. The van der Waals surface area contributed by atoms with Crippen molar-refractivity contribution in [2.75, 3.05) is 74.7 Å². The number of anilines is 4. The minimum absolute atomic E-state index is 0.108. The number of methoxy groups -OCH3 is 1. The molecule has 0 unspecified atom stereocenters. The summed E-state index contributed by atoms with van der Waals surface area (Å²) in [6.45, 7) is 14.8. The summed E-state index contributed by atoms with van der Waals surface area (Å²) >= 11 is 0. The normalized spacial score (nSPS) is 23.8. The average Bonchev–Trinajstić information content (AvgIpc) is 2.17. The number of sulfonamides is 1. The van der Waals surface area contributed by atoms with E-state index < -0.39 is 43.1 Å². The molecule has 4 N–H and O–H groups in total. The van der Waals surface area contributed by atoms with Gasteiger partial charge in [-0.25, -0.2) is 13.1 Å². The lowest BCUT2D eigenvalue weighted by molar-refractivity contribution is -0.384. The van der Waals surface area contributed by atoms with Crippen LogP contribution >= 0.6 is 0 Å². The summed E-state index contributed by atoms with van der Waals surface area (Å²) in [5, 5.41) is 28.0. The summed E-state index contributed by atoms with van der Waals surface area (Å²) in [6, 6.07) is 29.0. The van der Waals surface area contributed by atoms with Crippen molar-refractivity contribution in [3.63, 3.8) is 0 Å². The number of pyridine rings is 1. The van der Waals surface area contributed by atoms with Crippen molar-refractivity contribution in [1.82, 2.24) is 24.5 Å². The molecule has 2 saturated carbocycles. The highest BCUT2D eigenvalue weighted by Gasteiger charge is 2.50. The van der Waals surface area contributed by atoms with Crippen molar-refractivity contribution in [3.05, 3.63) is 135 Å². The third-order valence-corrected chi connectivity index (χ3v) is 20.8. The van der Waals surface area contributed by atoms with Crippen LogP contribution in [-0.2, 0) is 21.3 Å². The number of piperidine rings is 1. The first kappa shape index (κ1) is 56.9. The van der Waals surface area contributed by atoms with Crippen LogP contribution in [0.4, 0.5) is 28.4 Å². The molecule has 3 saturated heterocycles. The number of aliphatic hydroxyl groups is 1. The molecule has 85 heavy (non-hydrogen) atoms. The van der Waals surface area contributed by atoms with E-state index in [-0.39, 0.29) is 34.7 Å². The van der Waals surface area contributed by atoms with Gasteiger partial charge >= 0.3 is 0 Å². The smallest absolute Gasteiger partial charge is 0.293 e. The molecule has 0 radical (unpaired) electrons. The number of furan rings is 1. The Labute approximate surface area is 496 Å². The topological polar surface area (TPSA) is 221 Å². The van der Waals surface area contributed by atoms with Gasteiger partial charge in [0.15, 0.2) is 11.3 Å². The van der Waals surface area contributed by atoms with Gasteiger partial charge in [0.2, 0.25) is 5.88 Å². The van der Waals surface area contributed by atoms with Gasteiger partial charge in [-0.05, 0) is 166 Å². The summed E-state index contributed by atoms with van der Waals surface area (Å²) in [5.41, 5.74) is 6.82. The van der Waals surface area contributed by atoms with Gasteiger partial charge in [0, 0.05) is 93.2 Å². The first-order valence-corrected chi connectivity index (χ1v) is 31.8. The second kappa shape index (κ2) is 22.6.